The number of benzene rings is 1. The average Bonchev–Trinajstić information content (AvgIpc) is 2.87. The van der Waals surface area contributed by atoms with Crippen LogP contribution in [-0.2, 0) is 16.1 Å². The molecule has 1 aromatic carbocycles. The maximum absolute atomic E-state index is 12.2. The fraction of sp³-hybridized carbons (Fsp3) is 0.412. The summed E-state index contributed by atoms with van der Waals surface area (Å²) in [5, 5.41) is 10.1. The van der Waals surface area contributed by atoms with Crippen molar-refractivity contribution in [3.63, 3.8) is 0 Å². The summed E-state index contributed by atoms with van der Waals surface area (Å²) in [5.41, 5.74) is 0.658. The highest BCUT2D eigenvalue weighted by Gasteiger charge is 2.28. The van der Waals surface area contributed by atoms with Crippen molar-refractivity contribution in [2.75, 3.05) is 12.3 Å². The van der Waals surface area contributed by atoms with E-state index >= 15 is 0 Å². The zero-order valence-corrected chi connectivity index (χ0v) is 13.9. The van der Waals surface area contributed by atoms with Gasteiger partial charge in [-0.1, -0.05) is 30.3 Å². The smallest absolute Gasteiger partial charge is 0.352 e. The van der Waals surface area contributed by atoms with Gasteiger partial charge in [-0.15, -0.1) is 11.8 Å². The number of hydrogen-bond acceptors (Lipinski definition) is 5. The molecule has 0 radical (unpaired) electrons. The third kappa shape index (κ3) is 4.28. The summed E-state index contributed by atoms with van der Waals surface area (Å²) in [5.74, 6) is 0.327. The van der Waals surface area contributed by atoms with Crippen molar-refractivity contribution in [1.82, 2.24) is 4.90 Å². The Balaban J connectivity index is 2.22. The summed E-state index contributed by atoms with van der Waals surface area (Å²) in [7, 11) is 0. The number of ether oxygens (including phenoxy) is 1. The van der Waals surface area contributed by atoms with Crippen LogP contribution in [0.2, 0.25) is 0 Å². The summed E-state index contributed by atoms with van der Waals surface area (Å²) in [6.07, 6.45) is 0. The van der Waals surface area contributed by atoms with Crippen molar-refractivity contribution in [2.24, 2.45) is 0 Å². The van der Waals surface area contributed by atoms with E-state index in [1.54, 1.807) is 20.8 Å². The van der Waals surface area contributed by atoms with Crippen molar-refractivity contribution in [1.29, 1.82) is 5.26 Å². The topological polar surface area (TPSA) is 53.3 Å². The SMILES string of the molecule is CC(C)(C)OC(=O)/C(C#N)=C1\SCCN1Cc1ccccc1. The summed E-state index contributed by atoms with van der Waals surface area (Å²) in [6, 6.07) is 12.1. The highest BCUT2D eigenvalue weighted by atomic mass is 32.2. The minimum Gasteiger partial charge on any atom is -0.456 e. The molecule has 0 bridgehead atoms. The first-order valence-corrected chi connectivity index (χ1v) is 8.18. The van der Waals surface area contributed by atoms with E-state index in [1.807, 2.05) is 36.4 Å². The third-order valence-corrected chi connectivity index (χ3v) is 4.15. The molecule has 2 rings (SSSR count). The van der Waals surface area contributed by atoms with Gasteiger partial charge in [-0.05, 0) is 26.3 Å². The van der Waals surface area contributed by atoms with Crippen LogP contribution in [0.15, 0.2) is 40.9 Å². The molecule has 0 unspecified atom stereocenters. The van der Waals surface area contributed by atoms with Crippen LogP contribution in [0.25, 0.3) is 0 Å². The van der Waals surface area contributed by atoms with Crippen LogP contribution in [0.1, 0.15) is 26.3 Å². The molecule has 0 aliphatic carbocycles. The van der Waals surface area contributed by atoms with Gasteiger partial charge in [0.2, 0.25) is 0 Å². The van der Waals surface area contributed by atoms with Gasteiger partial charge in [-0.25, -0.2) is 4.79 Å². The van der Waals surface area contributed by atoms with Gasteiger partial charge < -0.3 is 9.64 Å². The van der Waals surface area contributed by atoms with E-state index in [4.69, 9.17) is 4.74 Å². The molecular formula is C17H20N2O2S. The molecule has 1 fully saturated rings. The summed E-state index contributed by atoms with van der Waals surface area (Å²) in [4.78, 5) is 14.3. The van der Waals surface area contributed by atoms with Gasteiger partial charge in [0.15, 0.2) is 5.57 Å². The number of carbonyl (C=O) groups is 1. The van der Waals surface area contributed by atoms with E-state index in [2.05, 4.69) is 4.90 Å². The Labute approximate surface area is 135 Å². The van der Waals surface area contributed by atoms with Crippen molar-refractivity contribution < 1.29 is 9.53 Å². The van der Waals surface area contributed by atoms with Gasteiger partial charge in [0.05, 0.1) is 5.03 Å². The maximum Gasteiger partial charge on any atom is 0.352 e. The van der Waals surface area contributed by atoms with Crippen LogP contribution in [-0.4, -0.2) is 28.8 Å². The number of esters is 1. The van der Waals surface area contributed by atoms with E-state index in [0.717, 1.165) is 22.9 Å². The van der Waals surface area contributed by atoms with Gasteiger partial charge in [0.1, 0.15) is 11.7 Å². The molecule has 1 saturated heterocycles. The molecular weight excluding hydrogens is 296 g/mol. The Morgan fingerprint density at radius 1 is 1.36 bits per heavy atom. The van der Waals surface area contributed by atoms with Gasteiger partial charge in [0.25, 0.3) is 0 Å². The standard InChI is InChI=1S/C17H20N2O2S/c1-17(2,3)21-16(20)14(11-18)15-19(9-10-22-15)12-13-7-5-4-6-8-13/h4-8H,9-10,12H2,1-3H3/b15-14-. The molecule has 0 atom stereocenters. The quantitative estimate of drug-likeness (QED) is 0.486. The largest absolute Gasteiger partial charge is 0.456 e. The molecule has 0 amide bonds. The minimum atomic E-state index is -0.604. The minimum absolute atomic E-state index is 0.105. The number of hydrogen-bond donors (Lipinski definition) is 0. The molecule has 5 heteroatoms. The first kappa shape index (κ1) is 16.4. The first-order valence-electron chi connectivity index (χ1n) is 7.20. The Hall–Kier alpha value is -1.93. The maximum atomic E-state index is 12.2. The molecule has 116 valence electrons. The van der Waals surface area contributed by atoms with Crippen molar-refractivity contribution in [2.45, 2.75) is 32.9 Å². The predicted molar refractivity (Wildman–Crippen MR) is 87.8 cm³/mol. The van der Waals surface area contributed by atoms with Crippen molar-refractivity contribution in [3.05, 3.63) is 46.5 Å². The molecule has 1 aliphatic heterocycles. The number of nitrogens with zero attached hydrogens (tertiary/aromatic N) is 2. The summed E-state index contributed by atoms with van der Waals surface area (Å²) in [6.45, 7) is 6.91. The van der Waals surface area contributed by atoms with E-state index < -0.39 is 11.6 Å². The monoisotopic (exact) mass is 316 g/mol. The van der Waals surface area contributed by atoms with Crippen molar-refractivity contribution in [3.8, 4) is 6.07 Å². The normalized spacial score (nSPS) is 17.1. The van der Waals surface area contributed by atoms with E-state index in [9.17, 15) is 10.1 Å². The molecule has 1 heterocycles. The van der Waals surface area contributed by atoms with Gasteiger partial charge in [-0.3, -0.25) is 0 Å². The molecule has 0 aromatic heterocycles. The zero-order valence-electron chi connectivity index (χ0n) is 13.1. The second-order valence-corrected chi connectivity index (χ2v) is 7.13. The highest BCUT2D eigenvalue weighted by molar-refractivity contribution is 8.03. The molecule has 22 heavy (non-hydrogen) atoms. The number of nitriles is 1. The Kier molecular flexibility index (Phi) is 5.15. The van der Waals surface area contributed by atoms with Crippen LogP contribution >= 0.6 is 11.8 Å². The highest BCUT2D eigenvalue weighted by Crippen LogP contribution is 2.32. The van der Waals surface area contributed by atoms with E-state index in [1.165, 1.54) is 11.8 Å². The number of carbonyl (C=O) groups excluding carboxylic acids is 1. The van der Waals surface area contributed by atoms with E-state index in [-0.39, 0.29) is 5.57 Å². The molecule has 0 spiro atoms. The Morgan fingerprint density at radius 2 is 2.05 bits per heavy atom. The number of rotatable bonds is 3. The summed E-state index contributed by atoms with van der Waals surface area (Å²) < 4.78 is 5.34. The second-order valence-electron chi connectivity index (χ2n) is 6.05. The lowest BCUT2D eigenvalue weighted by Gasteiger charge is -2.22. The number of thioether (sulfide) groups is 1. The Bertz CT molecular complexity index is 612. The molecule has 0 N–H and O–H groups in total. The molecule has 0 saturated carbocycles. The van der Waals surface area contributed by atoms with Crippen LogP contribution in [0.5, 0.6) is 0 Å². The van der Waals surface area contributed by atoms with Gasteiger partial charge >= 0.3 is 5.97 Å². The molecule has 1 aromatic rings. The van der Waals surface area contributed by atoms with Crippen LogP contribution < -0.4 is 0 Å². The van der Waals surface area contributed by atoms with Crippen LogP contribution in [0.3, 0.4) is 0 Å². The van der Waals surface area contributed by atoms with E-state index in [0.29, 0.717) is 6.54 Å². The second kappa shape index (κ2) is 6.89. The fourth-order valence-corrected chi connectivity index (χ4v) is 3.26. The fourth-order valence-electron chi connectivity index (χ4n) is 2.14. The Morgan fingerprint density at radius 3 is 2.64 bits per heavy atom. The first-order chi connectivity index (χ1) is 10.4. The van der Waals surface area contributed by atoms with Crippen LogP contribution in [0, 0.1) is 11.3 Å². The third-order valence-electron chi connectivity index (χ3n) is 3.03. The lowest BCUT2D eigenvalue weighted by atomic mass is 10.2. The molecule has 4 nitrogen and oxygen atoms in total. The lowest BCUT2D eigenvalue weighted by molar-refractivity contribution is -0.149. The lowest BCUT2D eigenvalue weighted by Crippen LogP contribution is -2.27. The van der Waals surface area contributed by atoms with Gasteiger partial charge in [0, 0.05) is 18.8 Å². The zero-order chi connectivity index (χ0) is 16.2. The van der Waals surface area contributed by atoms with Crippen molar-refractivity contribution >= 4 is 17.7 Å². The van der Waals surface area contributed by atoms with Gasteiger partial charge in [-0.2, -0.15) is 5.26 Å². The average molecular weight is 316 g/mol. The van der Waals surface area contributed by atoms with Crippen LogP contribution in [0.4, 0.5) is 0 Å². The molecule has 1 aliphatic rings. The summed E-state index contributed by atoms with van der Waals surface area (Å²) >= 11 is 1.54. The predicted octanol–water partition coefficient (Wildman–Crippen LogP) is 3.31.